The van der Waals surface area contributed by atoms with Crippen LogP contribution in [-0.2, 0) is 0 Å². The Bertz CT molecular complexity index is 445. The lowest BCUT2D eigenvalue weighted by Crippen LogP contribution is -2.42. The molecule has 19 heavy (non-hydrogen) atoms. The average molecular weight is 263 g/mol. The van der Waals surface area contributed by atoms with Gasteiger partial charge in [0, 0.05) is 18.3 Å². The second-order valence-electron chi connectivity index (χ2n) is 5.76. The summed E-state index contributed by atoms with van der Waals surface area (Å²) < 4.78 is 0. The van der Waals surface area contributed by atoms with Crippen molar-refractivity contribution in [3.8, 4) is 0 Å². The summed E-state index contributed by atoms with van der Waals surface area (Å²) >= 11 is 0. The lowest BCUT2D eigenvalue weighted by atomic mass is 10.0. The van der Waals surface area contributed by atoms with E-state index in [1.165, 1.54) is 0 Å². The Kier molecular flexibility index (Phi) is 4.92. The van der Waals surface area contributed by atoms with Gasteiger partial charge in [-0.2, -0.15) is 0 Å². The van der Waals surface area contributed by atoms with E-state index in [2.05, 4.69) is 18.8 Å². The van der Waals surface area contributed by atoms with E-state index < -0.39 is 0 Å². The summed E-state index contributed by atoms with van der Waals surface area (Å²) in [6.07, 6.45) is 1.74. The van der Waals surface area contributed by atoms with Crippen LogP contribution >= 0.6 is 0 Å². The Morgan fingerprint density at radius 2 is 1.68 bits per heavy atom. The average Bonchev–Trinajstić information content (AvgIpc) is 2.27. The van der Waals surface area contributed by atoms with E-state index >= 15 is 0 Å². The first kappa shape index (κ1) is 15.5. The van der Waals surface area contributed by atoms with E-state index in [1.807, 2.05) is 33.8 Å². The number of anilines is 1. The van der Waals surface area contributed by atoms with E-state index in [4.69, 9.17) is 5.73 Å². The summed E-state index contributed by atoms with van der Waals surface area (Å²) in [6, 6.07) is 2.10. The van der Waals surface area contributed by atoms with E-state index in [-0.39, 0.29) is 18.0 Å². The van der Waals surface area contributed by atoms with Gasteiger partial charge in [0.2, 0.25) is 0 Å². The Balaban J connectivity index is 3.12. The van der Waals surface area contributed by atoms with Gasteiger partial charge < -0.3 is 10.6 Å². The van der Waals surface area contributed by atoms with Crippen LogP contribution in [0.25, 0.3) is 0 Å². The van der Waals surface area contributed by atoms with Crippen LogP contribution in [0.2, 0.25) is 0 Å². The minimum Gasteiger partial charge on any atom is -0.397 e. The number of nitrogens with two attached hydrogens (primary N) is 1. The van der Waals surface area contributed by atoms with Crippen molar-refractivity contribution >= 4 is 11.6 Å². The first-order valence-corrected chi connectivity index (χ1v) is 6.83. The molecule has 1 aromatic rings. The molecule has 0 saturated heterocycles. The van der Waals surface area contributed by atoms with Crippen molar-refractivity contribution in [2.75, 3.05) is 5.73 Å². The molecule has 0 radical (unpaired) electrons. The number of aromatic nitrogens is 1. The van der Waals surface area contributed by atoms with Gasteiger partial charge in [0.1, 0.15) is 0 Å². The first-order valence-electron chi connectivity index (χ1n) is 6.83. The fraction of sp³-hybridized carbons (Fsp3) is 0.600. The zero-order chi connectivity index (χ0) is 14.7. The first-order chi connectivity index (χ1) is 8.75. The Labute approximate surface area is 116 Å². The largest absolute Gasteiger partial charge is 0.397 e. The molecule has 0 fully saturated rings. The molecule has 4 nitrogen and oxygen atoms in total. The molecule has 0 aliphatic carbocycles. The van der Waals surface area contributed by atoms with Gasteiger partial charge in [-0.15, -0.1) is 0 Å². The molecule has 1 rings (SSSR count). The molecule has 0 saturated carbocycles. The number of hydrogen-bond donors (Lipinski definition) is 1. The molecule has 0 atom stereocenters. The third-order valence-electron chi connectivity index (χ3n) is 3.15. The highest BCUT2D eigenvalue weighted by atomic mass is 16.2. The Morgan fingerprint density at radius 1 is 1.16 bits per heavy atom. The molecule has 0 unspecified atom stereocenters. The number of hydrogen-bond acceptors (Lipinski definition) is 3. The quantitative estimate of drug-likeness (QED) is 0.908. The van der Waals surface area contributed by atoms with Crippen LogP contribution in [0, 0.1) is 0 Å². The molecule has 0 aromatic carbocycles. The SMILES string of the molecule is CC(C)c1cnc(C(=O)N(C(C)C)C(C)C)c(N)c1. The standard InChI is InChI=1S/C15H25N3O/c1-9(2)12-7-13(16)14(17-8-12)15(19)18(10(3)4)11(5)6/h7-11H,16H2,1-6H3. The van der Waals surface area contributed by atoms with Crippen molar-refractivity contribution in [3.05, 3.63) is 23.5 Å². The summed E-state index contributed by atoms with van der Waals surface area (Å²) in [5, 5.41) is 0. The van der Waals surface area contributed by atoms with Crippen LogP contribution < -0.4 is 5.73 Å². The highest BCUT2D eigenvalue weighted by molar-refractivity contribution is 5.97. The van der Waals surface area contributed by atoms with Crippen LogP contribution in [-0.4, -0.2) is 27.9 Å². The predicted octanol–water partition coefficient (Wildman–Crippen LogP) is 3.05. The van der Waals surface area contributed by atoms with Crippen molar-refractivity contribution < 1.29 is 4.79 Å². The number of pyridine rings is 1. The molecule has 1 heterocycles. The third-order valence-corrected chi connectivity index (χ3v) is 3.15. The molecule has 1 aromatic heterocycles. The third kappa shape index (κ3) is 3.46. The zero-order valence-corrected chi connectivity index (χ0v) is 12.8. The van der Waals surface area contributed by atoms with E-state index in [1.54, 1.807) is 11.1 Å². The fourth-order valence-electron chi connectivity index (χ4n) is 2.18. The Morgan fingerprint density at radius 3 is 2.05 bits per heavy atom. The zero-order valence-electron chi connectivity index (χ0n) is 12.8. The van der Waals surface area contributed by atoms with Crippen LogP contribution in [0.5, 0.6) is 0 Å². The minimum absolute atomic E-state index is 0.0993. The van der Waals surface area contributed by atoms with Gasteiger partial charge >= 0.3 is 0 Å². The van der Waals surface area contributed by atoms with Gasteiger partial charge in [-0.1, -0.05) is 13.8 Å². The summed E-state index contributed by atoms with van der Waals surface area (Å²) in [7, 11) is 0. The van der Waals surface area contributed by atoms with Crippen molar-refractivity contribution in [1.82, 2.24) is 9.88 Å². The number of nitrogens with zero attached hydrogens (tertiary/aromatic N) is 2. The summed E-state index contributed by atoms with van der Waals surface area (Å²) in [6.45, 7) is 12.1. The van der Waals surface area contributed by atoms with Crippen LogP contribution in [0.15, 0.2) is 12.3 Å². The van der Waals surface area contributed by atoms with Gasteiger partial charge in [-0.25, -0.2) is 4.98 Å². The molecule has 4 heteroatoms. The number of carbonyl (C=O) groups is 1. The molecule has 0 aliphatic heterocycles. The highest BCUT2D eigenvalue weighted by Gasteiger charge is 2.24. The van der Waals surface area contributed by atoms with Crippen molar-refractivity contribution in [3.63, 3.8) is 0 Å². The number of carbonyl (C=O) groups excluding carboxylic acids is 1. The van der Waals surface area contributed by atoms with E-state index in [9.17, 15) is 4.79 Å². The van der Waals surface area contributed by atoms with Gasteiger partial charge in [-0.05, 0) is 45.2 Å². The maximum absolute atomic E-state index is 12.5. The molecule has 0 spiro atoms. The van der Waals surface area contributed by atoms with Crippen LogP contribution in [0.1, 0.15) is 63.5 Å². The highest BCUT2D eigenvalue weighted by Crippen LogP contribution is 2.21. The minimum atomic E-state index is -0.0993. The predicted molar refractivity (Wildman–Crippen MR) is 79.2 cm³/mol. The van der Waals surface area contributed by atoms with Gasteiger partial charge in [0.15, 0.2) is 5.69 Å². The fourth-order valence-corrected chi connectivity index (χ4v) is 2.18. The summed E-state index contributed by atoms with van der Waals surface area (Å²) in [5.74, 6) is 0.253. The maximum atomic E-state index is 12.5. The number of rotatable bonds is 4. The van der Waals surface area contributed by atoms with Gasteiger partial charge in [0.25, 0.3) is 5.91 Å². The summed E-state index contributed by atoms with van der Waals surface area (Å²) in [5.41, 5.74) is 7.85. The van der Waals surface area contributed by atoms with E-state index in [0.29, 0.717) is 17.3 Å². The van der Waals surface area contributed by atoms with Gasteiger partial charge in [-0.3, -0.25) is 4.79 Å². The lowest BCUT2D eigenvalue weighted by Gasteiger charge is -2.30. The van der Waals surface area contributed by atoms with Gasteiger partial charge in [0.05, 0.1) is 5.69 Å². The van der Waals surface area contributed by atoms with Crippen molar-refractivity contribution in [2.24, 2.45) is 0 Å². The summed E-state index contributed by atoms with van der Waals surface area (Å²) in [4.78, 5) is 18.6. The van der Waals surface area contributed by atoms with Crippen LogP contribution in [0.4, 0.5) is 5.69 Å². The lowest BCUT2D eigenvalue weighted by molar-refractivity contribution is 0.0638. The maximum Gasteiger partial charge on any atom is 0.275 e. The molecule has 2 N–H and O–H groups in total. The topological polar surface area (TPSA) is 59.2 Å². The van der Waals surface area contributed by atoms with Crippen LogP contribution in [0.3, 0.4) is 0 Å². The molecule has 1 amide bonds. The molecular formula is C15H25N3O. The molecule has 0 bridgehead atoms. The second-order valence-corrected chi connectivity index (χ2v) is 5.76. The normalized spacial score (nSPS) is 11.4. The van der Waals surface area contributed by atoms with Crippen molar-refractivity contribution in [1.29, 1.82) is 0 Å². The van der Waals surface area contributed by atoms with E-state index in [0.717, 1.165) is 5.56 Å². The molecule has 106 valence electrons. The number of amides is 1. The number of nitrogen functional groups attached to an aromatic ring is 1. The van der Waals surface area contributed by atoms with Crippen molar-refractivity contribution in [2.45, 2.75) is 59.5 Å². The smallest absolute Gasteiger partial charge is 0.275 e. The Hall–Kier alpha value is -1.58. The second kappa shape index (κ2) is 6.04. The molecular weight excluding hydrogens is 238 g/mol. The molecule has 0 aliphatic rings. The monoisotopic (exact) mass is 263 g/mol.